The Labute approximate surface area is 168 Å². The van der Waals surface area contributed by atoms with E-state index in [9.17, 15) is 4.79 Å². The standard InChI is InChI=1S/C22H22N4OS/c1-13-10-18-20(28-14(2)23-18)12-17(13)24-22-25-21(27)11-16-8-9-19(26(16)22)15-6-4-3-5-7-15/h3-7,10-12,14,19,23H,8-9H2,1-2H3,(H,24,25,27)/t14?,19-/m0/s1. The Hall–Kier alpha value is -2.73. The molecule has 3 aromatic rings. The maximum absolute atomic E-state index is 12.2. The Morgan fingerprint density at radius 2 is 2.04 bits per heavy atom. The summed E-state index contributed by atoms with van der Waals surface area (Å²) in [5.74, 6) is 0.626. The van der Waals surface area contributed by atoms with Gasteiger partial charge in [-0.05, 0) is 49.9 Å². The van der Waals surface area contributed by atoms with Gasteiger partial charge in [-0.1, -0.05) is 42.1 Å². The summed E-state index contributed by atoms with van der Waals surface area (Å²) < 4.78 is 2.19. The smallest absolute Gasteiger partial charge is 0.274 e. The minimum Gasteiger partial charge on any atom is -0.372 e. The Kier molecular flexibility index (Phi) is 4.16. The number of thioether (sulfide) groups is 1. The molecule has 2 atom stereocenters. The maximum atomic E-state index is 12.2. The van der Waals surface area contributed by atoms with E-state index in [2.05, 4.69) is 70.4 Å². The number of nitrogens with zero attached hydrogens (tertiary/aromatic N) is 2. The lowest BCUT2D eigenvalue weighted by atomic mass is 10.1. The number of hydrogen-bond acceptors (Lipinski definition) is 5. The lowest BCUT2D eigenvalue weighted by Crippen LogP contribution is -2.19. The van der Waals surface area contributed by atoms with Crippen molar-refractivity contribution in [3.8, 4) is 0 Å². The first-order valence-corrected chi connectivity index (χ1v) is 10.5. The summed E-state index contributed by atoms with van der Waals surface area (Å²) in [7, 11) is 0. The monoisotopic (exact) mass is 390 g/mol. The van der Waals surface area contributed by atoms with Crippen LogP contribution in [0.5, 0.6) is 0 Å². The van der Waals surface area contributed by atoms with E-state index in [1.807, 2.05) is 17.8 Å². The highest BCUT2D eigenvalue weighted by Crippen LogP contribution is 2.42. The van der Waals surface area contributed by atoms with Crippen LogP contribution < -0.4 is 16.2 Å². The van der Waals surface area contributed by atoms with Gasteiger partial charge in [0, 0.05) is 28.0 Å². The molecular weight excluding hydrogens is 368 g/mol. The third kappa shape index (κ3) is 2.98. The quantitative estimate of drug-likeness (QED) is 0.679. The third-order valence-electron chi connectivity index (χ3n) is 5.45. The number of anilines is 3. The number of benzene rings is 2. The van der Waals surface area contributed by atoms with E-state index in [4.69, 9.17) is 0 Å². The minimum atomic E-state index is -0.189. The van der Waals surface area contributed by atoms with E-state index in [1.54, 1.807) is 6.07 Å². The van der Waals surface area contributed by atoms with Gasteiger partial charge in [0.1, 0.15) is 0 Å². The molecule has 28 heavy (non-hydrogen) atoms. The van der Waals surface area contributed by atoms with Gasteiger partial charge in [-0.15, -0.1) is 0 Å². The van der Waals surface area contributed by atoms with Crippen LogP contribution in [0.15, 0.2) is 58.2 Å². The van der Waals surface area contributed by atoms with Crippen molar-refractivity contribution in [3.63, 3.8) is 0 Å². The van der Waals surface area contributed by atoms with Crippen LogP contribution in [0.25, 0.3) is 0 Å². The van der Waals surface area contributed by atoms with Crippen LogP contribution in [0, 0.1) is 6.92 Å². The molecule has 1 unspecified atom stereocenters. The number of rotatable bonds is 3. The van der Waals surface area contributed by atoms with Crippen molar-refractivity contribution >= 4 is 29.1 Å². The predicted molar refractivity (Wildman–Crippen MR) is 115 cm³/mol. The molecule has 142 valence electrons. The summed E-state index contributed by atoms with van der Waals surface area (Å²) in [5.41, 5.74) is 5.39. The highest BCUT2D eigenvalue weighted by molar-refractivity contribution is 8.00. The highest BCUT2D eigenvalue weighted by atomic mass is 32.2. The molecule has 5 rings (SSSR count). The molecule has 0 saturated heterocycles. The molecule has 2 aliphatic rings. The molecule has 2 aromatic carbocycles. The van der Waals surface area contributed by atoms with Crippen molar-refractivity contribution in [1.29, 1.82) is 0 Å². The molecule has 0 aliphatic carbocycles. The lowest BCUT2D eigenvalue weighted by molar-refractivity contribution is 0.615. The molecule has 0 fully saturated rings. The largest absolute Gasteiger partial charge is 0.372 e. The first-order valence-electron chi connectivity index (χ1n) is 9.61. The van der Waals surface area contributed by atoms with Crippen LogP contribution in [0.3, 0.4) is 0 Å². The van der Waals surface area contributed by atoms with E-state index in [0.29, 0.717) is 11.3 Å². The fourth-order valence-corrected chi connectivity index (χ4v) is 5.16. The Morgan fingerprint density at radius 3 is 2.86 bits per heavy atom. The summed E-state index contributed by atoms with van der Waals surface area (Å²) in [6.45, 7) is 4.24. The van der Waals surface area contributed by atoms with E-state index in [0.717, 1.165) is 29.8 Å². The van der Waals surface area contributed by atoms with Crippen molar-refractivity contribution in [1.82, 2.24) is 9.55 Å². The lowest BCUT2D eigenvalue weighted by Gasteiger charge is -2.21. The summed E-state index contributed by atoms with van der Waals surface area (Å²) >= 11 is 1.81. The molecule has 0 radical (unpaired) electrons. The van der Waals surface area contributed by atoms with Gasteiger partial charge in [0.25, 0.3) is 5.56 Å². The van der Waals surface area contributed by atoms with Gasteiger partial charge >= 0.3 is 0 Å². The van der Waals surface area contributed by atoms with Crippen molar-refractivity contribution in [2.24, 2.45) is 0 Å². The summed E-state index contributed by atoms with van der Waals surface area (Å²) in [6.07, 6.45) is 1.86. The van der Waals surface area contributed by atoms with E-state index < -0.39 is 0 Å². The van der Waals surface area contributed by atoms with Crippen LogP contribution in [0.2, 0.25) is 0 Å². The molecule has 0 spiro atoms. The van der Waals surface area contributed by atoms with Crippen molar-refractivity contribution in [2.75, 3.05) is 10.6 Å². The van der Waals surface area contributed by atoms with Crippen LogP contribution >= 0.6 is 11.8 Å². The van der Waals surface area contributed by atoms with Gasteiger partial charge < -0.3 is 15.2 Å². The summed E-state index contributed by atoms with van der Waals surface area (Å²) in [5, 5.41) is 7.31. The zero-order valence-corrected chi connectivity index (χ0v) is 16.7. The van der Waals surface area contributed by atoms with Gasteiger partial charge in [0.2, 0.25) is 5.95 Å². The number of nitrogens with one attached hydrogen (secondary N) is 2. The number of fused-ring (bicyclic) bond motifs is 2. The van der Waals surface area contributed by atoms with E-state index in [1.165, 1.54) is 16.1 Å². The molecule has 2 aliphatic heterocycles. The Bertz CT molecular complexity index is 1110. The SMILES string of the molecule is Cc1cc2c(cc1Nc1nc(=O)cc3n1[C@H](c1ccccc1)CC3)SC(C)N2. The average Bonchev–Trinajstić information content (AvgIpc) is 3.25. The van der Waals surface area contributed by atoms with Crippen LogP contribution in [-0.4, -0.2) is 14.9 Å². The molecule has 0 bridgehead atoms. The molecule has 0 amide bonds. The summed E-state index contributed by atoms with van der Waals surface area (Å²) in [6, 6.07) is 16.6. The van der Waals surface area contributed by atoms with Gasteiger partial charge in [-0.3, -0.25) is 4.79 Å². The van der Waals surface area contributed by atoms with Crippen molar-refractivity contribution < 1.29 is 0 Å². The normalized spacial score (nSPS) is 19.8. The number of aryl methyl sites for hydroxylation is 2. The van der Waals surface area contributed by atoms with Crippen LogP contribution in [0.4, 0.5) is 17.3 Å². The van der Waals surface area contributed by atoms with Gasteiger partial charge in [0.15, 0.2) is 0 Å². The second kappa shape index (κ2) is 6.71. The van der Waals surface area contributed by atoms with Crippen LogP contribution in [-0.2, 0) is 6.42 Å². The molecule has 3 heterocycles. The molecule has 5 nitrogen and oxygen atoms in total. The van der Waals surface area contributed by atoms with E-state index in [-0.39, 0.29) is 11.6 Å². The summed E-state index contributed by atoms with van der Waals surface area (Å²) in [4.78, 5) is 17.8. The fourth-order valence-electron chi connectivity index (χ4n) is 4.16. The van der Waals surface area contributed by atoms with Gasteiger partial charge in [-0.2, -0.15) is 4.98 Å². The molecule has 6 heteroatoms. The molecule has 0 saturated carbocycles. The van der Waals surface area contributed by atoms with E-state index >= 15 is 0 Å². The number of hydrogen-bond donors (Lipinski definition) is 2. The van der Waals surface area contributed by atoms with Crippen molar-refractivity contribution in [3.05, 3.63) is 75.7 Å². The topological polar surface area (TPSA) is 59.0 Å². The maximum Gasteiger partial charge on any atom is 0.274 e. The first kappa shape index (κ1) is 17.4. The third-order valence-corrected chi connectivity index (χ3v) is 6.51. The second-order valence-electron chi connectivity index (χ2n) is 7.44. The first-order chi connectivity index (χ1) is 13.6. The predicted octanol–water partition coefficient (Wildman–Crippen LogP) is 4.69. The zero-order valence-electron chi connectivity index (χ0n) is 15.9. The Morgan fingerprint density at radius 1 is 1.21 bits per heavy atom. The number of aromatic nitrogens is 2. The van der Waals surface area contributed by atoms with Gasteiger partial charge in [0.05, 0.1) is 11.4 Å². The highest BCUT2D eigenvalue weighted by Gasteiger charge is 2.27. The minimum absolute atomic E-state index is 0.189. The fraction of sp³-hybridized carbons (Fsp3) is 0.273. The molecule has 2 N–H and O–H groups in total. The second-order valence-corrected chi connectivity index (χ2v) is 8.82. The molecule has 1 aromatic heterocycles. The Balaban J connectivity index is 1.57. The van der Waals surface area contributed by atoms with Crippen LogP contribution in [0.1, 0.15) is 36.2 Å². The average molecular weight is 391 g/mol. The molecular formula is C22H22N4OS. The zero-order chi connectivity index (χ0) is 19.3. The van der Waals surface area contributed by atoms with Crippen molar-refractivity contribution in [2.45, 2.75) is 43.0 Å². The van der Waals surface area contributed by atoms with Gasteiger partial charge in [-0.25, -0.2) is 0 Å².